The van der Waals surface area contributed by atoms with Gasteiger partial charge in [-0.25, -0.2) is 0 Å². The Labute approximate surface area is 205 Å². The number of fused-ring (bicyclic) bond motifs is 1. The molecule has 190 valence electrons. The minimum Gasteiger partial charge on any atom is -0.507 e. The van der Waals surface area contributed by atoms with E-state index in [1.807, 2.05) is 14.0 Å². The molecule has 2 rings (SSSR count). The van der Waals surface area contributed by atoms with Gasteiger partial charge in [0.05, 0.1) is 0 Å². The van der Waals surface area contributed by atoms with Gasteiger partial charge in [0.15, 0.2) is 0 Å². The second-order valence-corrected chi connectivity index (χ2v) is 11.8. The van der Waals surface area contributed by atoms with E-state index in [0.29, 0.717) is 12.3 Å². The zero-order chi connectivity index (χ0) is 24.6. The monoisotopic (exact) mass is 459 g/mol. The molecule has 0 unspecified atom stereocenters. The van der Waals surface area contributed by atoms with Gasteiger partial charge in [0.2, 0.25) is 0 Å². The van der Waals surface area contributed by atoms with Crippen LogP contribution in [0.15, 0.2) is 0 Å². The predicted molar refractivity (Wildman–Crippen MR) is 142 cm³/mol. The summed E-state index contributed by atoms with van der Waals surface area (Å²) in [4.78, 5) is 0. The van der Waals surface area contributed by atoms with Crippen LogP contribution in [0.2, 0.25) is 0 Å². The van der Waals surface area contributed by atoms with E-state index < -0.39 is 0 Å². The molecule has 0 amide bonds. The summed E-state index contributed by atoms with van der Waals surface area (Å²) in [6, 6.07) is 0. The highest BCUT2D eigenvalue weighted by molar-refractivity contribution is 5.58. The van der Waals surface area contributed by atoms with Gasteiger partial charge in [-0.1, -0.05) is 72.6 Å². The Balaban J connectivity index is 1.80. The fourth-order valence-corrected chi connectivity index (χ4v) is 5.52. The number of aromatic hydroxyl groups is 1. The second-order valence-electron chi connectivity index (χ2n) is 11.8. The molecule has 1 heterocycles. The number of benzene rings is 1. The third kappa shape index (κ3) is 8.19. The van der Waals surface area contributed by atoms with Crippen molar-refractivity contribution >= 4 is 0 Å². The van der Waals surface area contributed by atoms with Crippen LogP contribution < -0.4 is 10.1 Å². The van der Waals surface area contributed by atoms with Crippen molar-refractivity contribution in [2.75, 3.05) is 7.05 Å². The van der Waals surface area contributed by atoms with E-state index in [1.165, 1.54) is 56.9 Å². The van der Waals surface area contributed by atoms with E-state index in [9.17, 15) is 5.11 Å². The van der Waals surface area contributed by atoms with E-state index in [4.69, 9.17) is 4.74 Å². The Bertz CT molecular complexity index is 742. The number of phenols is 1. The first-order chi connectivity index (χ1) is 15.6. The molecule has 0 aromatic heterocycles. The first-order valence-corrected chi connectivity index (χ1v) is 13.8. The van der Waals surface area contributed by atoms with Gasteiger partial charge < -0.3 is 15.2 Å². The van der Waals surface area contributed by atoms with Crippen molar-refractivity contribution in [2.24, 2.45) is 17.8 Å². The molecule has 0 bridgehead atoms. The van der Waals surface area contributed by atoms with Crippen LogP contribution in [0.3, 0.4) is 0 Å². The van der Waals surface area contributed by atoms with Crippen molar-refractivity contribution < 1.29 is 9.84 Å². The summed E-state index contributed by atoms with van der Waals surface area (Å²) in [5.41, 5.74) is 4.19. The van der Waals surface area contributed by atoms with E-state index in [0.717, 1.165) is 59.5 Å². The number of phenolic OH excluding ortho intramolecular Hbond substituents is 1. The number of hydrogen-bond acceptors (Lipinski definition) is 3. The third-order valence-corrected chi connectivity index (χ3v) is 8.06. The van der Waals surface area contributed by atoms with Crippen LogP contribution >= 0.6 is 0 Å². The largest absolute Gasteiger partial charge is 0.507 e. The lowest BCUT2D eigenvalue weighted by molar-refractivity contribution is 0.0510. The molecular formula is C30H53NO2. The highest BCUT2D eigenvalue weighted by atomic mass is 16.5. The van der Waals surface area contributed by atoms with E-state index in [-0.39, 0.29) is 5.60 Å². The molecule has 33 heavy (non-hydrogen) atoms. The molecule has 0 aliphatic carbocycles. The van der Waals surface area contributed by atoms with Crippen LogP contribution in [-0.4, -0.2) is 17.8 Å². The summed E-state index contributed by atoms with van der Waals surface area (Å²) < 4.78 is 6.68. The maximum atomic E-state index is 10.7. The lowest BCUT2D eigenvalue weighted by Gasteiger charge is -2.38. The smallest absolute Gasteiger partial charge is 0.127 e. The number of hydrogen-bond donors (Lipinski definition) is 2. The lowest BCUT2D eigenvalue weighted by Crippen LogP contribution is -2.37. The van der Waals surface area contributed by atoms with Crippen LogP contribution in [0, 0.1) is 31.6 Å². The summed E-state index contributed by atoms with van der Waals surface area (Å²) in [5.74, 6) is 4.00. The van der Waals surface area contributed by atoms with Crippen LogP contribution in [-0.2, 0) is 13.0 Å². The minimum atomic E-state index is -0.0945. The third-order valence-electron chi connectivity index (χ3n) is 8.06. The molecule has 1 aromatic carbocycles. The molecule has 2 N–H and O–H groups in total. The molecule has 0 radical (unpaired) electrons. The first-order valence-electron chi connectivity index (χ1n) is 13.8. The summed E-state index contributed by atoms with van der Waals surface area (Å²) >= 11 is 0. The van der Waals surface area contributed by atoms with Gasteiger partial charge in [-0.2, -0.15) is 0 Å². The Hall–Kier alpha value is -1.22. The van der Waals surface area contributed by atoms with Crippen molar-refractivity contribution in [3.05, 3.63) is 22.3 Å². The second kappa shape index (κ2) is 13.0. The first kappa shape index (κ1) is 28.0. The standard InChI is InChI=1S/C30H53NO2/c1-21(2)12-9-13-22(3)14-10-15-23(4)16-11-18-30(7)19-17-26-27(20-31-8)28(32)24(5)25(6)29(26)33-30/h21-23,31-32H,9-20H2,1-8H3/t22-,23-,30-/m1/s1. The molecule has 3 atom stereocenters. The minimum absolute atomic E-state index is 0.0945. The van der Waals surface area contributed by atoms with Crippen molar-refractivity contribution in [3.63, 3.8) is 0 Å². The maximum Gasteiger partial charge on any atom is 0.127 e. The van der Waals surface area contributed by atoms with Gasteiger partial charge in [-0.3, -0.25) is 0 Å². The quantitative estimate of drug-likeness (QED) is 0.294. The molecule has 0 spiro atoms. The summed E-state index contributed by atoms with van der Waals surface area (Å²) in [6.45, 7) is 16.6. The lowest BCUT2D eigenvalue weighted by atomic mass is 9.83. The normalized spacial score (nSPS) is 19.9. The van der Waals surface area contributed by atoms with E-state index in [1.54, 1.807) is 0 Å². The summed E-state index contributed by atoms with van der Waals surface area (Å²) in [6.07, 6.45) is 14.0. The maximum absolute atomic E-state index is 10.7. The fourth-order valence-electron chi connectivity index (χ4n) is 5.52. The average molecular weight is 460 g/mol. The molecule has 1 aromatic rings. The Morgan fingerprint density at radius 1 is 0.909 bits per heavy atom. The average Bonchev–Trinajstić information content (AvgIpc) is 2.75. The zero-order valence-corrected chi connectivity index (χ0v) is 23.1. The van der Waals surface area contributed by atoms with Crippen molar-refractivity contribution in [2.45, 2.75) is 131 Å². The molecule has 0 saturated heterocycles. The van der Waals surface area contributed by atoms with Gasteiger partial charge in [-0.05, 0) is 82.4 Å². The number of rotatable bonds is 14. The molecule has 0 fully saturated rings. The van der Waals surface area contributed by atoms with Gasteiger partial charge in [-0.15, -0.1) is 0 Å². The van der Waals surface area contributed by atoms with Crippen LogP contribution in [0.25, 0.3) is 0 Å². The number of nitrogens with one attached hydrogen (secondary N) is 1. The van der Waals surface area contributed by atoms with Crippen LogP contribution in [0.1, 0.15) is 121 Å². The Morgan fingerprint density at radius 2 is 1.48 bits per heavy atom. The van der Waals surface area contributed by atoms with E-state index in [2.05, 4.69) is 46.9 Å². The Morgan fingerprint density at radius 3 is 2.06 bits per heavy atom. The number of ether oxygens (including phenoxy) is 1. The zero-order valence-electron chi connectivity index (χ0n) is 23.1. The molecule has 1 aliphatic heterocycles. The van der Waals surface area contributed by atoms with Gasteiger partial charge >= 0.3 is 0 Å². The summed E-state index contributed by atoms with van der Waals surface area (Å²) in [5, 5.41) is 13.9. The van der Waals surface area contributed by atoms with Crippen LogP contribution in [0.5, 0.6) is 11.5 Å². The molecule has 0 saturated carbocycles. The van der Waals surface area contributed by atoms with Gasteiger partial charge in [0.25, 0.3) is 0 Å². The SMILES string of the molecule is CNCc1c(O)c(C)c(C)c2c1CC[C@@](C)(CCC[C@H](C)CCC[C@H](C)CCCC(C)C)O2. The molecule has 3 heteroatoms. The van der Waals surface area contributed by atoms with E-state index >= 15 is 0 Å². The summed E-state index contributed by atoms with van der Waals surface area (Å²) in [7, 11) is 1.93. The topological polar surface area (TPSA) is 41.5 Å². The Kier molecular flexibility index (Phi) is 11.1. The predicted octanol–water partition coefficient (Wildman–Crippen LogP) is 8.25. The van der Waals surface area contributed by atoms with Crippen molar-refractivity contribution in [1.82, 2.24) is 5.32 Å². The fraction of sp³-hybridized carbons (Fsp3) is 0.800. The van der Waals surface area contributed by atoms with Crippen molar-refractivity contribution in [3.8, 4) is 11.5 Å². The molecule has 1 aliphatic rings. The molecular weight excluding hydrogens is 406 g/mol. The van der Waals surface area contributed by atoms with Gasteiger partial charge in [0, 0.05) is 17.7 Å². The van der Waals surface area contributed by atoms with Crippen molar-refractivity contribution in [1.29, 1.82) is 0 Å². The molecule has 3 nitrogen and oxygen atoms in total. The van der Waals surface area contributed by atoms with Gasteiger partial charge in [0.1, 0.15) is 17.1 Å². The van der Waals surface area contributed by atoms with Crippen LogP contribution in [0.4, 0.5) is 0 Å². The highest BCUT2D eigenvalue weighted by Gasteiger charge is 2.34. The highest BCUT2D eigenvalue weighted by Crippen LogP contribution is 2.44.